The fraction of sp³-hybridized carbons (Fsp3) is 0.333. The summed E-state index contributed by atoms with van der Waals surface area (Å²) in [6.07, 6.45) is 4.83. The first-order valence-electron chi connectivity index (χ1n) is 6.87. The highest BCUT2D eigenvalue weighted by Gasteiger charge is 2.11. The molecule has 21 heavy (non-hydrogen) atoms. The van der Waals surface area contributed by atoms with Crippen LogP contribution < -0.4 is 0 Å². The van der Waals surface area contributed by atoms with Crippen molar-refractivity contribution in [3.63, 3.8) is 0 Å². The largest absolute Gasteiger partial charge is 0.507 e. The molecule has 0 spiro atoms. The van der Waals surface area contributed by atoms with Crippen LogP contribution in [0.2, 0.25) is 0 Å². The fourth-order valence-corrected chi connectivity index (χ4v) is 2.36. The summed E-state index contributed by atoms with van der Waals surface area (Å²) in [7, 11) is 0. The average Bonchev–Trinajstić information content (AvgIpc) is 2.53. The molecular formula is C15H17N3O3. The Morgan fingerprint density at radius 2 is 2.10 bits per heavy atom. The summed E-state index contributed by atoms with van der Waals surface area (Å²) in [5, 5.41) is 21.3. The van der Waals surface area contributed by atoms with Gasteiger partial charge in [0.25, 0.3) is 0 Å². The van der Waals surface area contributed by atoms with Crippen LogP contribution in [0.25, 0.3) is 10.8 Å². The van der Waals surface area contributed by atoms with Crippen molar-refractivity contribution in [2.45, 2.75) is 0 Å². The molecule has 0 saturated carbocycles. The van der Waals surface area contributed by atoms with Crippen molar-refractivity contribution in [3.05, 3.63) is 24.5 Å². The van der Waals surface area contributed by atoms with Gasteiger partial charge in [-0.3, -0.25) is 14.9 Å². The number of hydrogen-bond donors (Lipinski definition) is 2. The van der Waals surface area contributed by atoms with Crippen molar-refractivity contribution >= 4 is 22.7 Å². The molecule has 2 heterocycles. The summed E-state index contributed by atoms with van der Waals surface area (Å²) in [5.74, 6) is 0.123. The minimum atomic E-state index is 0.0362. The summed E-state index contributed by atoms with van der Waals surface area (Å²) >= 11 is 0. The van der Waals surface area contributed by atoms with E-state index < -0.39 is 0 Å². The summed E-state index contributed by atoms with van der Waals surface area (Å²) < 4.78 is 5.28. The van der Waals surface area contributed by atoms with Crippen LogP contribution in [0.1, 0.15) is 0 Å². The molecule has 6 heteroatoms. The van der Waals surface area contributed by atoms with Crippen LogP contribution in [0.3, 0.4) is 0 Å². The van der Waals surface area contributed by atoms with Crippen LogP contribution in [-0.4, -0.2) is 59.2 Å². The van der Waals surface area contributed by atoms with Gasteiger partial charge in [0.15, 0.2) is 5.75 Å². The SMILES string of the molecule is Oc1cc(N=CCN2CCOCC2)c(O)c2cnccc12. The van der Waals surface area contributed by atoms with Gasteiger partial charge < -0.3 is 14.9 Å². The minimum absolute atomic E-state index is 0.0362. The van der Waals surface area contributed by atoms with Crippen LogP contribution in [0, 0.1) is 0 Å². The summed E-state index contributed by atoms with van der Waals surface area (Å²) in [6, 6.07) is 3.12. The molecule has 0 radical (unpaired) electrons. The molecule has 0 bridgehead atoms. The molecule has 1 fully saturated rings. The van der Waals surface area contributed by atoms with Crippen molar-refractivity contribution < 1.29 is 14.9 Å². The number of ether oxygens (including phenoxy) is 1. The number of benzene rings is 1. The Labute approximate surface area is 122 Å². The maximum Gasteiger partial charge on any atom is 0.150 e. The Morgan fingerprint density at radius 1 is 1.29 bits per heavy atom. The Hall–Kier alpha value is -2.18. The third-order valence-electron chi connectivity index (χ3n) is 3.54. The zero-order chi connectivity index (χ0) is 14.7. The first-order valence-corrected chi connectivity index (χ1v) is 6.87. The number of hydrogen-bond acceptors (Lipinski definition) is 6. The minimum Gasteiger partial charge on any atom is -0.507 e. The maximum atomic E-state index is 10.2. The number of aromatic nitrogens is 1. The van der Waals surface area contributed by atoms with Gasteiger partial charge in [0.2, 0.25) is 0 Å². The van der Waals surface area contributed by atoms with E-state index in [1.807, 2.05) is 0 Å². The van der Waals surface area contributed by atoms with Crippen LogP contribution in [-0.2, 0) is 4.74 Å². The van der Waals surface area contributed by atoms with Crippen molar-refractivity contribution in [1.29, 1.82) is 0 Å². The monoisotopic (exact) mass is 287 g/mol. The smallest absolute Gasteiger partial charge is 0.150 e. The number of aliphatic imine (C=N–C) groups is 1. The van der Waals surface area contributed by atoms with E-state index in [0.29, 0.717) is 23.0 Å². The number of nitrogens with zero attached hydrogens (tertiary/aromatic N) is 3. The Kier molecular flexibility index (Phi) is 3.98. The Balaban J connectivity index is 1.81. The lowest BCUT2D eigenvalue weighted by Crippen LogP contribution is -2.37. The van der Waals surface area contributed by atoms with Gasteiger partial charge in [-0.2, -0.15) is 0 Å². The molecule has 1 aromatic heterocycles. The van der Waals surface area contributed by atoms with E-state index >= 15 is 0 Å². The molecule has 0 aliphatic carbocycles. The second kappa shape index (κ2) is 6.07. The quantitative estimate of drug-likeness (QED) is 0.663. The van der Waals surface area contributed by atoms with Crippen molar-refractivity contribution in [2.75, 3.05) is 32.8 Å². The maximum absolute atomic E-state index is 10.2. The molecule has 110 valence electrons. The highest BCUT2D eigenvalue weighted by molar-refractivity contribution is 5.96. The van der Waals surface area contributed by atoms with E-state index in [0.717, 1.165) is 26.3 Å². The molecule has 1 saturated heterocycles. The number of rotatable bonds is 3. The average molecular weight is 287 g/mol. The molecular weight excluding hydrogens is 270 g/mol. The normalized spacial score (nSPS) is 16.8. The third-order valence-corrected chi connectivity index (χ3v) is 3.54. The molecule has 0 amide bonds. The molecule has 0 atom stereocenters. The highest BCUT2D eigenvalue weighted by atomic mass is 16.5. The van der Waals surface area contributed by atoms with Gasteiger partial charge in [-0.05, 0) is 6.07 Å². The van der Waals surface area contributed by atoms with Crippen molar-refractivity contribution in [1.82, 2.24) is 9.88 Å². The van der Waals surface area contributed by atoms with Gasteiger partial charge in [-0.1, -0.05) is 0 Å². The molecule has 1 aliphatic heterocycles. The van der Waals surface area contributed by atoms with E-state index in [1.165, 1.54) is 12.3 Å². The standard InChI is InChI=1S/C15H17N3O3/c19-14-9-13(15(20)12-10-16-2-1-11(12)14)17-3-4-18-5-7-21-8-6-18/h1-3,9-10,19-20H,4-8H2. The van der Waals surface area contributed by atoms with Crippen LogP contribution in [0.4, 0.5) is 5.69 Å². The van der Waals surface area contributed by atoms with Crippen molar-refractivity contribution in [3.8, 4) is 11.5 Å². The Bertz CT molecular complexity index is 667. The zero-order valence-corrected chi connectivity index (χ0v) is 11.6. The number of phenols is 2. The molecule has 0 unspecified atom stereocenters. The first-order chi connectivity index (χ1) is 10.3. The van der Waals surface area contributed by atoms with Gasteiger partial charge in [0, 0.05) is 55.1 Å². The molecule has 1 aliphatic rings. The predicted molar refractivity (Wildman–Crippen MR) is 80.5 cm³/mol. The lowest BCUT2D eigenvalue weighted by molar-refractivity contribution is 0.0457. The fourth-order valence-electron chi connectivity index (χ4n) is 2.36. The number of aromatic hydroxyl groups is 2. The predicted octanol–water partition coefficient (Wildman–Crippen LogP) is 1.68. The highest BCUT2D eigenvalue weighted by Crippen LogP contribution is 2.39. The van der Waals surface area contributed by atoms with Gasteiger partial charge in [-0.15, -0.1) is 0 Å². The summed E-state index contributed by atoms with van der Waals surface area (Å²) in [5.41, 5.74) is 0.348. The van der Waals surface area contributed by atoms with E-state index in [4.69, 9.17) is 4.74 Å². The molecule has 3 rings (SSSR count). The zero-order valence-electron chi connectivity index (χ0n) is 11.6. The van der Waals surface area contributed by atoms with Gasteiger partial charge in [-0.25, -0.2) is 0 Å². The number of phenolic OH excluding ortho intramolecular Hbond substituents is 2. The van der Waals surface area contributed by atoms with E-state index in [9.17, 15) is 10.2 Å². The van der Waals surface area contributed by atoms with E-state index in [-0.39, 0.29) is 11.5 Å². The number of fused-ring (bicyclic) bond motifs is 1. The van der Waals surface area contributed by atoms with Crippen LogP contribution >= 0.6 is 0 Å². The van der Waals surface area contributed by atoms with E-state index in [1.54, 1.807) is 18.5 Å². The lowest BCUT2D eigenvalue weighted by Gasteiger charge is -2.24. The second-order valence-electron chi connectivity index (χ2n) is 4.91. The lowest BCUT2D eigenvalue weighted by atomic mass is 10.1. The summed E-state index contributed by atoms with van der Waals surface area (Å²) in [6.45, 7) is 3.92. The number of morpholine rings is 1. The molecule has 2 aromatic rings. The number of pyridine rings is 1. The second-order valence-corrected chi connectivity index (χ2v) is 4.91. The van der Waals surface area contributed by atoms with Gasteiger partial charge in [0.05, 0.1) is 13.2 Å². The topological polar surface area (TPSA) is 78.2 Å². The summed E-state index contributed by atoms with van der Waals surface area (Å²) in [4.78, 5) is 10.4. The van der Waals surface area contributed by atoms with Gasteiger partial charge in [0.1, 0.15) is 11.4 Å². The van der Waals surface area contributed by atoms with Crippen molar-refractivity contribution in [2.24, 2.45) is 4.99 Å². The van der Waals surface area contributed by atoms with Crippen LogP contribution in [0.5, 0.6) is 11.5 Å². The third kappa shape index (κ3) is 2.96. The first kappa shape index (κ1) is 13.8. The molecule has 2 N–H and O–H groups in total. The Morgan fingerprint density at radius 3 is 2.90 bits per heavy atom. The molecule has 6 nitrogen and oxygen atoms in total. The molecule has 1 aromatic carbocycles. The van der Waals surface area contributed by atoms with Crippen LogP contribution in [0.15, 0.2) is 29.5 Å². The van der Waals surface area contributed by atoms with E-state index in [2.05, 4.69) is 14.9 Å². The van der Waals surface area contributed by atoms with Gasteiger partial charge >= 0.3 is 0 Å².